The summed E-state index contributed by atoms with van der Waals surface area (Å²) in [5.41, 5.74) is 7.97. The van der Waals surface area contributed by atoms with Gasteiger partial charge in [0.15, 0.2) is 0 Å². The van der Waals surface area contributed by atoms with Crippen molar-refractivity contribution in [2.24, 2.45) is 5.73 Å². The number of nitrogens with two attached hydrogens (primary N) is 1. The molecule has 0 bridgehead atoms. The highest BCUT2D eigenvalue weighted by Crippen LogP contribution is 2.31. The topological polar surface area (TPSA) is 29.3 Å². The van der Waals surface area contributed by atoms with Crippen LogP contribution in [0, 0.1) is 5.82 Å². The molecular weight excluding hydrogens is 339 g/mol. The van der Waals surface area contributed by atoms with Gasteiger partial charge in [-0.25, -0.2) is 4.39 Å². The van der Waals surface area contributed by atoms with Crippen LogP contribution in [0.3, 0.4) is 0 Å². The van der Waals surface area contributed by atoms with Crippen molar-refractivity contribution in [3.8, 4) is 0 Å². The van der Waals surface area contributed by atoms with Crippen LogP contribution < -0.4 is 5.73 Å². The average Bonchev–Trinajstić information content (AvgIpc) is 2.91. The lowest BCUT2D eigenvalue weighted by atomic mass is 10.0. The van der Waals surface area contributed by atoms with Crippen molar-refractivity contribution >= 4 is 27.3 Å². The minimum absolute atomic E-state index is 0.0689. The van der Waals surface area contributed by atoms with Gasteiger partial charge in [0, 0.05) is 34.5 Å². The Kier molecular flexibility index (Phi) is 4.21. The lowest BCUT2D eigenvalue weighted by molar-refractivity contribution is 0.181. The van der Waals surface area contributed by atoms with Crippen LogP contribution in [0.5, 0.6) is 0 Å². The van der Waals surface area contributed by atoms with Gasteiger partial charge in [0.05, 0.1) is 6.04 Å². The van der Waals surface area contributed by atoms with E-state index in [0.717, 1.165) is 24.0 Å². The molecular formula is C15H16BrFN2S. The Labute approximate surface area is 130 Å². The zero-order chi connectivity index (χ0) is 14.1. The molecule has 0 aliphatic carbocycles. The largest absolute Gasteiger partial charge is 0.329 e. The molecule has 1 unspecified atom stereocenters. The molecule has 2 heterocycles. The molecule has 0 spiro atoms. The second kappa shape index (κ2) is 5.93. The van der Waals surface area contributed by atoms with Crippen molar-refractivity contribution < 1.29 is 4.39 Å². The quantitative estimate of drug-likeness (QED) is 0.910. The van der Waals surface area contributed by atoms with Gasteiger partial charge in [-0.05, 0) is 41.6 Å². The van der Waals surface area contributed by atoms with E-state index in [1.165, 1.54) is 16.5 Å². The lowest BCUT2D eigenvalue weighted by Crippen LogP contribution is -2.37. The predicted octanol–water partition coefficient (Wildman–Crippen LogP) is 3.71. The summed E-state index contributed by atoms with van der Waals surface area (Å²) in [6.07, 6.45) is 1.03. The first-order valence-corrected chi connectivity index (χ1v) is 8.30. The number of fused-ring (bicyclic) bond motifs is 1. The Hall–Kier alpha value is -0.750. The molecule has 1 aromatic heterocycles. The Morgan fingerprint density at radius 1 is 1.40 bits per heavy atom. The zero-order valence-corrected chi connectivity index (χ0v) is 13.4. The Morgan fingerprint density at radius 3 is 3.05 bits per heavy atom. The van der Waals surface area contributed by atoms with Gasteiger partial charge in [-0.2, -0.15) is 0 Å². The number of hydrogen-bond donors (Lipinski definition) is 1. The summed E-state index contributed by atoms with van der Waals surface area (Å²) in [5.74, 6) is -0.181. The molecule has 20 heavy (non-hydrogen) atoms. The summed E-state index contributed by atoms with van der Waals surface area (Å²) in [6, 6.07) is 7.16. The Morgan fingerprint density at radius 2 is 2.25 bits per heavy atom. The van der Waals surface area contributed by atoms with Gasteiger partial charge in [0.25, 0.3) is 0 Å². The van der Waals surface area contributed by atoms with E-state index < -0.39 is 0 Å². The number of rotatable bonds is 3. The maximum absolute atomic E-state index is 14.1. The standard InChI is InChI=1S/C15H16BrFN2S/c16-11-1-2-13(17)12(7-11)14(8-18)19-5-3-15-10(9-19)4-6-20-15/h1-2,4,6-7,14H,3,5,8-9,18H2. The van der Waals surface area contributed by atoms with Gasteiger partial charge < -0.3 is 5.73 Å². The van der Waals surface area contributed by atoms with Crippen LogP contribution in [0.15, 0.2) is 34.1 Å². The molecule has 1 aromatic carbocycles. The van der Waals surface area contributed by atoms with Crippen molar-refractivity contribution in [3.63, 3.8) is 0 Å². The summed E-state index contributed by atoms with van der Waals surface area (Å²) in [6.45, 7) is 2.21. The highest BCUT2D eigenvalue weighted by Gasteiger charge is 2.26. The molecule has 1 aliphatic rings. The first-order valence-electron chi connectivity index (χ1n) is 6.63. The molecule has 0 amide bonds. The average molecular weight is 355 g/mol. The number of hydrogen-bond acceptors (Lipinski definition) is 3. The molecule has 1 aliphatic heterocycles. The second-order valence-corrected chi connectivity index (χ2v) is 6.92. The van der Waals surface area contributed by atoms with Gasteiger partial charge in [0.1, 0.15) is 5.82 Å². The molecule has 3 rings (SSSR count). The van der Waals surface area contributed by atoms with Gasteiger partial charge in [-0.1, -0.05) is 15.9 Å². The van der Waals surface area contributed by atoms with Gasteiger partial charge in [-0.15, -0.1) is 11.3 Å². The molecule has 1 atom stereocenters. The SMILES string of the molecule is NCC(c1cc(Br)ccc1F)N1CCc2sccc2C1. The third-order valence-electron chi connectivity index (χ3n) is 3.82. The van der Waals surface area contributed by atoms with E-state index in [0.29, 0.717) is 12.1 Å². The number of benzene rings is 1. The summed E-state index contributed by atoms with van der Waals surface area (Å²) in [7, 11) is 0. The minimum atomic E-state index is -0.181. The zero-order valence-electron chi connectivity index (χ0n) is 11.0. The van der Waals surface area contributed by atoms with Crippen LogP contribution in [0.25, 0.3) is 0 Å². The van der Waals surface area contributed by atoms with Gasteiger partial charge in [-0.3, -0.25) is 4.90 Å². The normalized spacial score (nSPS) is 16.9. The van der Waals surface area contributed by atoms with Crippen LogP contribution in [-0.2, 0) is 13.0 Å². The van der Waals surface area contributed by atoms with E-state index in [4.69, 9.17) is 5.73 Å². The predicted molar refractivity (Wildman–Crippen MR) is 84.3 cm³/mol. The monoisotopic (exact) mass is 354 g/mol. The van der Waals surface area contributed by atoms with Crippen molar-refractivity contribution in [2.45, 2.75) is 19.0 Å². The van der Waals surface area contributed by atoms with Crippen LogP contribution in [-0.4, -0.2) is 18.0 Å². The van der Waals surface area contributed by atoms with Crippen molar-refractivity contribution in [3.05, 3.63) is 55.9 Å². The van der Waals surface area contributed by atoms with E-state index in [2.05, 4.69) is 32.3 Å². The fourth-order valence-corrected chi connectivity index (χ4v) is 4.05. The highest BCUT2D eigenvalue weighted by atomic mass is 79.9. The smallest absolute Gasteiger partial charge is 0.128 e. The van der Waals surface area contributed by atoms with Crippen LogP contribution in [0.2, 0.25) is 0 Å². The first-order chi connectivity index (χ1) is 9.69. The fraction of sp³-hybridized carbons (Fsp3) is 0.333. The molecule has 0 radical (unpaired) electrons. The van der Waals surface area contributed by atoms with E-state index in [9.17, 15) is 4.39 Å². The number of nitrogens with zero attached hydrogens (tertiary/aromatic N) is 1. The molecule has 2 N–H and O–H groups in total. The number of thiophene rings is 1. The molecule has 2 nitrogen and oxygen atoms in total. The second-order valence-electron chi connectivity index (χ2n) is 5.01. The molecule has 0 saturated heterocycles. The van der Waals surface area contributed by atoms with Gasteiger partial charge in [0.2, 0.25) is 0 Å². The molecule has 0 fully saturated rings. The lowest BCUT2D eigenvalue weighted by Gasteiger charge is -2.34. The summed E-state index contributed by atoms with van der Waals surface area (Å²) < 4.78 is 15.0. The summed E-state index contributed by atoms with van der Waals surface area (Å²) in [5, 5.41) is 2.13. The third kappa shape index (κ3) is 2.68. The molecule has 5 heteroatoms. The highest BCUT2D eigenvalue weighted by molar-refractivity contribution is 9.10. The number of halogens is 2. The van der Waals surface area contributed by atoms with Crippen molar-refractivity contribution in [1.29, 1.82) is 0 Å². The van der Waals surface area contributed by atoms with E-state index in [1.54, 1.807) is 6.07 Å². The van der Waals surface area contributed by atoms with E-state index >= 15 is 0 Å². The third-order valence-corrected chi connectivity index (χ3v) is 5.33. The summed E-state index contributed by atoms with van der Waals surface area (Å²) >= 11 is 5.22. The van der Waals surface area contributed by atoms with E-state index in [-0.39, 0.29) is 11.9 Å². The Balaban J connectivity index is 1.89. The van der Waals surface area contributed by atoms with Crippen LogP contribution >= 0.6 is 27.3 Å². The van der Waals surface area contributed by atoms with Crippen LogP contribution in [0.4, 0.5) is 4.39 Å². The maximum Gasteiger partial charge on any atom is 0.128 e. The maximum atomic E-state index is 14.1. The first kappa shape index (κ1) is 14.2. The summed E-state index contributed by atoms with van der Waals surface area (Å²) in [4.78, 5) is 3.73. The Bertz CT molecular complexity index is 614. The fourth-order valence-electron chi connectivity index (χ4n) is 2.78. The van der Waals surface area contributed by atoms with Crippen LogP contribution in [0.1, 0.15) is 22.0 Å². The molecule has 0 saturated carbocycles. The molecule has 2 aromatic rings. The molecule has 106 valence electrons. The van der Waals surface area contributed by atoms with Gasteiger partial charge >= 0.3 is 0 Å². The van der Waals surface area contributed by atoms with Crippen molar-refractivity contribution in [1.82, 2.24) is 4.90 Å². The van der Waals surface area contributed by atoms with Crippen molar-refractivity contribution in [2.75, 3.05) is 13.1 Å². The minimum Gasteiger partial charge on any atom is -0.329 e. The van der Waals surface area contributed by atoms with E-state index in [1.807, 2.05) is 17.4 Å².